The number of aromatic nitrogens is 2. The van der Waals surface area contributed by atoms with Gasteiger partial charge in [0.25, 0.3) is 5.91 Å². The molecular weight excluding hydrogens is 421 g/mol. The first-order valence-corrected chi connectivity index (χ1v) is 10.4. The maximum atomic E-state index is 13.5. The van der Waals surface area contributed by atoms with Crippen LogP contribution in [0.1, 0.15) is 11.1 Å². The molecule has 7 nitrogen and oxygen atoms in total. The second-order valence-electron chi connectivity index (χ2n) is 7.64. The average molecular weight is 441 g/mol. The van der Waals surface area contributed by atoms with Gasteiger partial charge in [-0.3, -0.25) is 9.69 Å². The molecule has 5 rings (SSSR count). The Balaban J connectivity index is 1.57. The van der Waals surface area contributed by atoms with Crippen LogP contribution in [0.3, 0.4) is 0 Å². The third kappa shape index (κ3) is 3.76. The summed E-state index contributed by atoms with van der Waals surface area (Å²) in [6, 6.07) is 23.3. The van der Waals surface area contributed by atoms with Crippen molar-refractivity contribution in [3.05, 3.63) is 95.8 Å². The van der Waals surface area contributed by atoms with Crippen LogP contribution in [-0.4, -0.2) is 42.1 Å². The Morgan fingerprint density at radius 3 is 2.36 bits per heavy atom. The number of carbonyl (C=O) groups excluding carboxylic acids is 1. The predicted molar refractivity (Wildman–Crippen MR) is 124 cm³/mol. The second kappa shape index (κ2) is 8.31. The van der Waals surface area contributed by atoms with Crippen molar-refractivity contribution in [1.29, 1.82) is 0 Å². The van der Waals surface area contributed by atoms with Crippen molar-refractivity contribution in [2.24, 2.45) is 4.99 Å². The first kappa shape index (κ1) is 20.6. The van der Waals surface area contributed by atoms with Crippen LogP contribution in [0, 0.1) is 5.82 Å². The zero-order chi connectivity index (χ0) is 22.9. The van der Waals surface area contributed by atoms with Gasteiger partial charge in [-0.1, -0.05) is 53.6 Å². The quantitative estimate of drug-likeness (QED) is 0.476. The van der Waals surface area contributed by atoms with E-state index in [1.165, 1.54) is 12.1 Å². The molecule has 0 saturated heterocycles. The number of likely N-dealkylation sites (N-methyl/N-ethyl adjacent to an activating group) is 2. The van der Waals surface area contributed by atoms with E-state index in [1.54, 1.807) is 36.0 Å². The summed E-state index contributed by atoms with van der Waals surface area (Å²) < 4.78 is 19.1. The summed E-state index contributed by atoms with van der Waals surface area (Å²) in [7, 11) is 3.41. The van der Waals surface area contributed by atoms with Gasteiger partial charge in [-0.25, -0.2) is 9.38 Å². The Bertz CT molecular complexity index is 1330. The van der Waals surface area contributed by atoms with Crippen molar-refractivity contribution in [1.82, 2.24) is 10.2 Å². The van der Waals surface area contributed by atoms with Crippen LogP contribution in [0.2, 0.25) is 0 Å². The summed E-state index contributed by atoms with van der Waals surface area (Å²) in [6.07, 6.45) is -0.931. The van der Waals surface area contributed by atoms with Gasteiger partial charge in [0.05, 0.1) is 11.4 Å². The molecule has 0 fully saturated rings. The number of hydrogen-bond donors (Lipinski definition) is 0. The number of aliphatic imine (C=N–C) groups is 1. The molecule has 0 radical (unpaired) electrons. The highest BCUT2D eigenvalue weighted by Crippen LogP contribution is 2.30. The van der Waals surface area contributed by atoms with Gasteiger partial charge in [-0.05, 0) is 30.3 Å². The summed E-state index contributed by atoms with van der Waals surface area (Å²) in [5, 5.41) is 8.16. The maximum Gasteiger partial charge on any atom is 0.320 e. The zero-order valence-electron chi connectivity index (χ0n) is 18.0. The van der Waals surface area contributed by atoms with E-state index < -0.39 is 6.17 Å². The van der Waals surface area contributed by atoms with Crippen LogP contribution < -0.4 is 9.80 Å². The molecule has 8 heteroatoms. The number of hydrogen-bond acceptors (Lipinski definition) is 6. The predicted octanol–water partition coefficient (Wildman–Crippen LogP) is 4.15. The van der Waals surface area contributed by atoms with Crippen molar-refractivity contribution < 1.29 is 13.6 Å². The van der Waals surface area contributed by atoms with E-state index >= 15 is 0 Å². The average Bonchev–Trinajstić information content (AvgIpc) is 3.31. The molecule has 1 aliphatic heterocycles. The Morgan fingerprint density at radius 2 is 1.61 bits per heavy atom. The number of nitrogens with zero attached hydrogens (tertiary/aromatic N) is 5. The Kier molecular flexibility index (Phi) is 5.18. The van der Waals surface area contributed by atoms with E-state index in [0.717, 1.165) is 16.8 Å². The fraction of sp³-hybridized carbons (Fsp3) is 0.120. The number of benzodiazepines with no additional fused rings is 1. The monoisotopic (exact) mass is 441 g/mol. The van der Waals surface area contributed by atoms with Crippen LogP contribution in [0.15, 0.2) is 88.3 Å². The molecule has 164 valence electrons. The molecular formula is C25H20FN5O2. The smallest absolute Gasteiger partial charge is 0.320 e. The summed E-state index contributed by atoms with van der Waals surface area (Å²) in [5.41, 5.74) is 3.78. The Hall–Kier alpha value is -4.33. The SMILES string of the molecule is CN1C(=O)C(N(C)c2nnc(-c3ccc(F)cc3)o2)N=C(c2ccccc2)c2ccccc21. The molecule has 1 aliphatic rings. The number of amides is 1. The zero-order valence-corrected chi connectivity index (χ0v) is 18.0. The van der Waals surface area contributed by atoms with E-state index in [-0.39, 0.29) is 23.6 Å². The largest absolute Gasteiger partial charge is 0.403 e. The van der Waals surface area contributed by atoms with Gasteiger partial charge in [0.2, 0.25) is 12.1 Å². The lowest BCUT2D eigenvalue weighted by Gasteiger charge is -2.25. The first-order chi connectivity index (χ1) is 16.0. The molecule has 1 atom stereocenters. The van der Waals surface area contributed by atoms with Crippen LogP contribution in [0.5, 0.6) is 0 Å². The molecule has 1 aromatic heterocycles. The minimum Gasteiger partial charge on any atom is -0.403 e. The summed E-state index contributed by atoms with van der Waals surface area (Å²) in [6.45, 7) is 0. The number of benzene rings is 3. The van der Waals surface area contributed by atoms with Crippen molar-refractivity contribution >= 4 is 23.3 Å². The molecule has 1 unspecified atom stereocenters. The Labute approximate surface area is 189 Å². The second-order valence-corrected chi connectivity index (χ2v) is 7.64. The summed E-state index contributed by atoms with van der Waals surface area (Å²) in [4.78, 5) is 21.5. The van der Waals surface area contributed by atoms with Gasteiger partial charge in [0.15, 0.2) is 0 Å². The molecule has 0 aliphatic carbocycles. The standard InChI is InChI=1S/C25H20FN5O2/c1-30-20-11-7-6-10-19(20)21(16-8-4-3-5-9-16)27-22(24(30)32)31(2)25-29-28-23(33-25)17-12-14-18(26)15-13-17/h3-15,22H,1-2H3. The molecule has 0 bridgehead atoms. The fourth-order valence-corrected chi connectivity index (χ4v) is 3.76. The number of anilines is 2. The van der Waals surface area contributed by atoms with Crippen LogP contribution in [0.4, 0.5) is 16.1 Å². The van der Waals surface area contributed by atoms with Gasteiger partial charge in [-0.15, -0.1) is 5.10 Å². The molecule has 4 aromatic rings. The molecule has 1 amide bonds. The highest BCUT2D eigenvalue weighted by molar-refractivity contribution is 6.20. The minimum absolute atomic E-state index is 0.128. The molecule has 0 N–H and O–H groups in total. The lowest BCUT2D eigenvalue weighted by atomic mass is 10.0. The fourth-order valence-electron chi connectivity index (χ4n) is 3.76. The van der Waals surface area contributed by atoms with Crippen LogP contribution >= 0.6 is 0 Å². The normalized spacial score (nSPS) is 15.6. The molecule has 2 heterocycles. The molecule has 33 heavy (non-hydrogen) atoms. The van der Waals surface area contributed by atoms with Crippen LogP contribution in [0.25, 0.3) is 11.5 Å². The third-order valence-corrected chi connectivity index (χ3v) is 5.54. The summed E-state index contributed by atoms with van der Waals surface area (Å²) in [5.74, 6) is -0.371. The Morgan fingerprint density at radius 1 is 0.909 bits per heavy atom. The van der Waals surface area contributed by atoms with Crippen molar-refractivity contribution in [3.63, 3.8) is 0 Å². The molecule has 3 aromatic carbocycles. The third-order valence-electron chi connectivity index (χ3n) is 5.54. The van der Waals surface area contributed by atoms with Crippen LogP contribution in [-0.2, 0) is 4.79 Å². The van der Waals surface area contributed by atoms with Crippen molar-refractivity contribution in [3.8, 4) is 11.5 Å². The lowest BCUT2D eigenvalue weighted by Crippen LogP contribution is -2.44. The minimum atomic E-state index is -0.931. The molecule has 0 spiro atoms. The van der Waals surface area contributed by atoms with E-state index in [4.69, 9.17) is 9.41 Å². The first-order valence-electron chi connectivity index (χ1n) is 10.4. The number of para-hydroxylation sites is 1. The number of carbonyl (C=O) groups is 1. The van der Waals surface area contributed by atoms with Gasteiger partial charge >= 0.3 is 6.01 Å². The highest BCUT2D eigenvalue weighted by atomic mass is 19.1. The maximum absolute atomic E-state index is 13.5. The van der Waals surface area contributed by atoms with E-state index in [9.17, 15) is 9.18 Å². The molecule has 0 saturated carbocycles. The topological polar surface area (TPSA) is 74.8 Å². The van der Waals surface area contributed by atoms with Gasteiger partial charge < -0.3 is 9.32 Å². The highest BCUT2D eigenvalue weighted by Gasteiger charge is 2.34. The number of rotatable bonds is 4. The number of halogens is 1. The van der Waals surface area contributed by atoms with Crippen molar-refractivity contribution in [2.45, 2.75) is 6.17 Å². The van der Waals surface area contributed by atoms with Gasteiger partial charge in [0, 0.05) is 30.8 Å². The van der Waals surface area contributed by atoms with E-state index in [0.29, 0.717) is 11.3 Å². The summed E-state index contributed by atoms with van der Waals surface area (Å²) >= 11 is 0. The van der Waals surface area contributed by atoms with Gasteiger partial charge in [0.1, 0.15) is 5.82 Å². The van der Waals surface area contributed by atoms with E-state index in [1.807, 2.05) is 54.6 Å². The lowest BCUT2D eigenvalue weighted by molar-refractivity contribution is -0.119. The van der Waals surface area contributed by atoms with E-state index in [2.05, 4.69) is 10.2 Å². The number of fused-ring (bicyclic) bond motifs is 1. The van der Waals surface area contributed by atoms with Crippen molar-refractivity contribution in [2.75, 3.05) is 23.9 Å². The van der Waals surface area contributed by atoms with Gasteiger partial charge in [-0.2, -0.15) is 0 Å².